The minimum absolute atomic E-state index is 0.123. The maximum atomic E-state index is 13.0. The first-order valence-corrected chi connectivity index (χ1v) is 7.32. The number of rotatable bonds is 5. The first-order chi connectivity index (χ1) is 9.58. The van der Waals surface area contributed by atoms with Crippen LogP contribution in [-0.2, 0) is 0 Å². The number of aryl methyl sites for hydroxylation is 1. The van der Waals surface area contributed by atoms with E-state index < -0.39 is 0 Å². The number of carbonyl (C=O) groups excluding carboxylic acids is 1. The molecule has 1 aromatic rings. The van der Waals surface area contributed by atoms with Gasteiger partial charge in [0.1, 0.15) is 5.82 Å². The van der Waals surface area contributed by atoms with Crippen molar-refractivity contribution in [2.75, 3.05) is 20.1 Å². The highest BCUT2D eigenvalue weighted by Gasteiger charge is 2.19. The molecule has 1 aromatic carbocycles. The Labute approximate surface area is 120 Å². The van der Waals surface area contributed by atoms with Crippen molar-refractivity contribution in [3.63, 3.8) is 0 Å². The molecule has 4 heteroatoms. The highest BCUT2D eigenvalue weighted by Crippen LogP contribution is 2.21. The van der Waals surface area contributed by atoms with Crippen molar-refractivity contribution in [3.05, 3.63) is 35.1 Å². The second kappa shape index (κ2) is 6.84. The first-order valence-electron chi connectivity index (χ1n) is 7.32. The summed E-state index contributed by atoms with van der Waals surface area (Å²) in [5, 5.41) is 2.91. The average molecular weight is 278 g/mol. The normalized spacial score (nSPS) is 15.8. The van der Waals surface area contributed by atoms with E-state index >= 15 is 0 Å². The van der Waals surface area contributed by atoms with Crippen LogP contribution in [-0.4, -0.2) is 37.0 Å². The van der Waals surface area contributed by atoms with Crippen molar-refractivity contribution in [1.82, 2.24) is 10.2 Å². The molecule has 3 nitrogen and oxygen atoms in total. The number of halogens is 1. The molecule has 0 spiro atoms. The molecule has 1 saturated carbocycles. The van der Waals surface area contributed by atoms with Crippen LogP contribution in [0, 0.1) is 12.7 Å². The topological polar surface area (TPSA) is 32.3 Å². The van der Waals surface area contributed by atoms with Crippen LogP contribution in [0.4, 0.5) is 4.39 Å². The molecule has 1 aliphatic carbocycles. The monoisotopic (exact) mass is 278 g/mol. The molecule has 110 valence electrons. The van der Waals surface area contributed by atoms with Gasteiger partial charge in [-0.2, -0.15) is 0 Å². The van der Waals surface area contributed by atoms with E-state index in [0.29, 0.717) is 23.7 Å². The highest BCUT2D eigenvalue weighted by molar-refractivity contribution is 5.95. The maximum absolute atomic E-state index is 13.0. The molecule has 0 heterocycles. The highest BCUT2D eigenvalue weighted by atomic mass is 19.1. The third-order valence-electron chi connectivity index (χ3n) is 4.13. The summed E-state index contributed by atoms with van der Waals surface area (Å²) < 4.78 is 13.0. The van der Waals surface area contributed by atoms with Crippen LogP contribution in [0.2, 0.25) is 0 Å². The third-order valence-corrected chi connectivity index (χ3v) is 4.13. The van der Waals surface area contributed by atoms with Gasteiger partial charge in [0.25, 0.3) is 5.91 Å². The Morgan fingerprint density at radius 3 is 2.75 bits per heavy atom. The zero-order valence-electron chi connectivity index (χ0n) is 12.3. The smallest absolute Gasteiger partial charge is 0.251 e. The van der Waals surface area contributed by atoms with E-state index in [9.17, 15) is 9.18 Å². The lowest BCUT2D eigenvalue weighted by Gasteiger charge is -2.24. The Morgan fingerprint density at radius 2 is 2.10 bits per heavy atom. The van der Waals surface area contributed by atoms with E-state index in [1.54, 1.807) is 13.0 Å². The predicted octanol–water partition coefficient (Wildman–Crippen LogP) is 2.74. The van der Waals surface area contributed by atoms with Crippen LogP contribution in [0.25, 0.3) is 0 Å². The minimum Gasteiger partial charge on any atom is -0.351 e. The summed E-state index contributed by atoms with van der Waals surface area (Å²) in [5.41, 5.74) is 1.22. The lowest BCUT2D eigenvalue weighted by atomic mass is 10.1. The van der Waals surface area contributed by atoms with Gasteiger partial charge in [0.05, 0.1) is 0 Å². The molecule has 1 N–H and O–H groups in total. The van der Waals surface area contributed by atoms with Gasteiger partial charge in [0.2, 0.25) is 0 Å². The number of benzene rings is 1. The van der Waals surface area contributed by atoms with Gasteiger partial charge in [-0.15, -0.1) is 0 Å². The molecule has 1 fully saturated rings. The molecule has 1 amide bonds. The van der Waals surface area contributed by atoms with Gasteiger partial charge < -0.3 is 10.2 Å². The van der Waals surface area contributed by atoms with E-state index in [1.165, 1.54) is 37.8 Å². The standard InChI is InChI=1S/C16H23FN2O/c1-12-11-13(17)7-8-15(12)16(20)18-9-10-19(2)14-5-3-4-6-14/h7-8,11,14H,3-6,9-10H2,1-2H3,(H,18,20). The van der Waals surface area contributed by atoms with Crippen molar-refractivity contribution in [1.29, 1.82) is 0 Å². The number of amides is 1. The molecule has 0 aliphatic heterocycles. The molecule has 1 aliphatic rings. The van der Waals surface area contributed by atoms with Crippen LogP contribution < -0.4 is 5.32 Å². The summed E-state index contributed by atoms with van der Waals surface area (Å²) in [6.45, 7) is 3.24. The summed E-state index contributed by atoms with van der Waals surface area (Å²) in [6.07, 6.45) is 5.16. The van der Waals surface area contributed by atoms with E-state index in [1.807, 2.05) is 0 Å². The molecule has 0 radical (unpaired) electrons. The van der Waals surface area contributed by atoms with Gasteiger partial charge in [-0.1, -0.05) is 12.8 Å². The Kier molecular flexibility index (Phi) is 5.12. The molecular formula is C16H23FN2O. The van der Waals surface area contributed by atoms with Gasteiger partial charge in [-0.25, -0.2) is 4.39 Å². The number of carbonyl (C=O) groups is 1. The van der Waals surface area contributed by atoms with Crippen LogP contribution in [0.3, 0.4) is 0 Å². The van der Waals surface area contributed by atoms with Crippen molar-refractivity contribution < 1.29 is 9.18 Å². The molecule has 0 bridgehead atoms. The summed E-state index contributed by atoms with van der Waals surface area (Å²) in [4.78, 5) is 14.4. The number of hydrogen-bond donors (Lipinski definition) is 1. The average Bonchev–Trinajstić information content (AvgIpc) is 2.92. The molecule has 2 rings (SSSR count). The summed E-state index contributed by atoms with van der Waals surface area (Å²) in [7, 11) is 2.12. The van der Waals surface area contributed by atoms with Crippen LogP contribution >= 0.6 is 0 Å². The SMILES string of the molecule is Cc1cc(F)ccc1C(=O)NCCN(C)C1CCCC1. The first kappa shape index (κ1) is 15.0. The van der Waals surface area contributed by atoms with E-state index in [0.717, 1.165) is 6.54 Å². The van der Waals surface area contributed by atoms with Crippen molar-refractivity contribution in [2.24, 2.45) is 0 Å². The number of nitrogens with zero attached hydrogens (tertiary/aromatic N) is 1. The second-order valence-electron chi connectivity index (χ2n) is 5.63. The van der Waals surface area contributed by atoms with Crippen LogP contribution in [0.15, 0.2) is 18.2 Å². The summed E-state index contributed by atoms with van der Waals surface area (Å²) in [5.74, 6) is -0.428. The largest absolute Gasteiger partial charge is 0.351 e. The van der Waals surface area contributed by atoms with Gasteiger partial charge in [-0.05, 0) is 50.6 Å². The Hall–Kier alpha value is -1.42. The number of nitrogens with one attached hydrogen (secondary N) is 1. The fraction of sp³-hybridized carbons (Fsp3) is 0.562. The van der Waals surface area contributed by atoms with E-state index in [4.69, 9.17) is 0 Å². The maximum Gasteiger partial charge on any atom is 0.251 e. The lowest BCUT2D eigenvalue weighted by Crippen LogP contribution is -2.37. The third kappa shape index (κ3) is 3.79. The second-order valence-corrected chi connectivity index (χ2v) is 5.63. The molecule has 0 aromatic heterocycles. The van der Waals surface area contributed by atoms with E-state index in [2.05, 4.69) is 17.3 Å². The molecule has 0 saturated heterocycles. The molecule has 0 atom stereocenters. The summed E-state index contributed by atoms with van der Waals surface area (Å²) in [6, 6.07) is 4.92. The Morgan fingerprint density at radius 1 is 1.40 bits per heavy atom. The fourth-order valence-corrected chi connectivity index (χ4v) is 2.85. The fourth-order valence-electron chi connectivity index (χ4n) is 2.85. The van der Waals surface area contributed by atoms with Gasteiger partial charge in [0, 0.05) is 24.7 Å². The molecular weight excluding hydrogens is 255 g/mol. The van der Waals surface area contributed by atoms with Crippen molar-refractivity contribution in [3.8, 4) is 0 Å². The van der Waals surface area contributed by atoms with Crippen LogP contribution in [0.5, 0.6) is 0 Å². The van der Waals surface area contributed by atoms with Gasteiger partial charge >= 0.3 is 0 Å². The van der Waals surface area contributed by atoms with Gasteiger partial charge in [-0.3, -0.25) is 4.79 Å². The number of likely N-dealkylation sites (N-methyl/N-ethyl adjacent to an activating group) is 1. The number of hydrogen-bond acceptors (Lipinski definition) is 2. The minimum atomic E-state index is -0.306. The van der Waals surface area contributed by atoms with Crippen molar-refractivity contribution in [2.45, 2.75) is 38.6 Å². The zero-order chi connectivity index (χ0) is 14.5. The summed E-state index contributed by atoms with van der Waals surface area (Å²) >= 11 is 0. The predicted molar refractivity (Wildman–Crippen MR) is 78.4 cm³/mol. The van der Waals surface area contributed by atoms with Gasteiger partial charge in [0.15, 0.2) is 0 Å². The lowest BCUT2D eigenvalue weighted by molar-refractivity contribution is 0.0946. The van der Waals surface area contributed by atoms with E-state index in [-0.39, 0.29) is 11.7 Å². The quantitative estimate of drug-likeness (QED) is 0.898. The Balaban J connectivity index is 1.80. The van der Waals surface area contributed by atoms with Crippen molar-refractivity contribution >= 4 is 5.91 Å². The molecule has 20 heavy (non-hydrogen) atoms. The Bertz CT molecular complexity index is 470. The zero-order valence-corrected chi connectivity index (χ0v) is 12.3. The van der Waals surface area contributed by atoms with Crippen LogP contribution in [0.1, 0.15) is 41.6 Å². The molecule has 0 unspecified atom stereocenters.